The summed E-state index contributed by atoms with van der Waals surface area (Å²) in [6, 6.07) is 11.0. The van der Waals surface area contributed by atoms with Crippen LogP contribution in [0.15, 0.2) is 48.8 Å². The van der Waals surface area contributed by atoms with Crippen molar-refractivity contribution in [1.29, 1.82) is 0 Å². The lowest BCUT2D eigenvalue weighted by molar-refractivity contribution is 0.606. The van der Waals surface area contributed by atoms with Crippen LogP contribution in [0, 0.1) is 0 Å². The van der Waals surface area contributed by atoms with Crippen molar-refractivity contribution in [3.05, 3.63) is 48.8 Å². The summed E-state index contributed by atoms with van der Waals surface area (Å²) >= 11 is 2.93. The highest BCUT2D eigenvalue weighted by Gasteiger charge is 2.07. The van der Waals surface area contributed by atoms with Gasteiger partial charge in [-0.25, -0.2) is 8.42 Å². The maximum Gasteiger partial charge on any atom is 0.242 e. The molecule has 1 aromatic heterocycles. The third kappa shape index (κ3) is 3.10. The van der Waals surface area contributed by atoms with Crippen molar-refractivity contribution in [2.75, 3.05) is 9.38 Å². The minimum atomic E-state index is -3.30. The lowest BCUT2D eigenvalue weighted by atomic mass is 10.3. The second-order valence-electron chi connectivity index (χ2n) is 3.47. The van der Waals surface area contributed by atoms with E-state index >= 15 is 0 Å². The summed E-state index contributed by atoms with van der Waals surface area (Å²) in [6.07, 6.45) is 3.80. The molecule has 0 amide bonds. The van der Waals surface area contributed by atoms with E-state index in [1.165, 1.54) is 0 Å². The van der Waals surface area contributed by atoms with Crippen LogP contribution in [-0.2, 0) is 10.0 Å². The monoisotopic (exact) mass is 314 g/mol. The molecule has 1 heterocycles. The molecule has 4 nitrogen and oxygen atoms in total. The van der Waals surface area contributed by atoms with Gasteiger partial charge < -0.3 is 4.57 Å². The number of hydrogen-bond acceptors (Lipinski definition) is 2. The largest absolute Gasteiger partial charge is 0.324 e. The van der Waals surface area contributed by atoms with E-state index in [-0.39, 0.29) is 4.66 Å². The van der Waals surface area contributed by atoms with Crippen LogP contribution < -0.4 is 4.72 Å². The molecule has 1 N–H and O–H groups in total. The summed E-state index contributed by atoms with van der Waals surface area (Å²) in [7, 11) is -3.30. The predicted molar refractivity (Wildman–Crippen MR) is 72.1 cm³/mol. The number of hydrogen-bond donors (Lipinski definition) is 1. The van der Waals surface area contributed by atoms with Crippen molar-refractivity contribution in [1.82, 2.24) is 4.57 Å². The molecule has 6 heteroatoms. The Balaban J connectivity index is 2.30. The Hall–Kier alpha value is -1.27. The number of anilines is 1. The van der Waals surface area contributed by atoms with Crippen LogP contribution in [-0.4, -0.2) is 17.6 Å². The van der Waals surface area contributed by atoms with Gasteiger partial charge in [-0.15, -0.1) is 0 Å². The molecule has 0 radical (unpaired) electrons. The van der Waals surface area contributed by atoms with E-state index in [0.717, 1.165) is 5.69 Å². The van der Waals surface area contributed by atoms with Crippen molar-refractivity contribution in [3.8, 4) is 5.69 Å². The Morgan fingerprint density at radius 3 is 2.53 bits per heavy atom. The summed E-state index contributed by atoms with van der Waals surface area (Å²) in [5, 5.41) is 0. The Bertz CT molecular complexity index is 594. The number of nitrogens with one attached hydrogen (secondary N) is 1. The standard InChI is InChI=1S/C11H11BrN2O2S/c12-9-17(15,16)13-10-4-3-5-11(8-10)14-6-1-2-7-14/h1-8,13H,9H2. The molecule has 0 aliphatic rings. The van der Waals surface area contributed by atoms with E-state index in [4.69, 9.17) is 0 Å². The first-order valence-corrected chi connectivity index (χ1v) is 7.68. The number of aromatic nitrogens is 1. The van der Waals surface area contributed by atoms with E-state index in [9.17, 15) is 8.42 Å². The fourth-order valence-corrected chi connectivity index (χ4v) is 2.33. The maximum atomic E-state index is 11.4. The molecular weight excluding hydrogens is 304 g/mol. The zero-order valence-corrected chi connectivity index (χ0v) is 11.3. The van der Waals surface area contributed by atoms with Crippen LogP contribution in [0.3, 0.4) is 0 Å². The van der Waals surface area contributed by atoms with Crippen molar-refractivity contribution in [2.45, 2.75) is 0 Å². The third-order valence-electron chi connectivity index (χ3n) is 2.17. The first kappa shape index (κ1) is 12.2. The summed E-state index contributed by atoms with van der Waals surface area (Å²) < 4.78 is 27.1. The van der Waals surface area contributed by atoms with E-state index < -0.39 is 10.0 Å². The minimum Gasteiger partial charge on any atom is -0.324 e. The Kier molecular flexibility index (Phi) is 3.54. The molecular formula is C11H11BrN2O2S. The number of nitrogens with zero attached hydrogens (tertiary/aromatic N) is 1. The first-order chi connectivity index (χ1) is 8.11. The van der Waals surface area contributed by atoms with Crippen molar-refractivity contribution >= 4 is 31.6 Å². The smallest absolute Gasteiger partial charge is 0.242 e. The zero-order valence-electron chi connectivity index (χ0n) is 8.88. The quantitative estimate of drug-likeness (QED) is 0.882. The molecule has 17 heavy (non-hydrogen) atoms. The molecule has 90 valence electrons. The molecule has 2 rings (SSSR count). The fraction of sp³-hybridized carbons (Fsp3) is 0.0909. The topological polar surface area (TPSA) is 51.1 Å². The van der Waals surface area contributed by atoms with Crippen molar-refractivity contribution in [2.24, 2.45) is 0 Å². The Labute approximate surface area is 108 Å². The second kappa shape index (κ2) is 4.93. The highest BCUT2D eigenvalue weighted by molar-refractivity contribution is 9.10. The first-order valence-electron chi connectivity index (χ1n) is 4.90. The van der Waals surface area contributed by atoms with Crippen molar-refractivity contribution < 1.29 is 8.42 Å². The Morgan fingerprint density at radius 1 is 1.18 bits per heavy atom. The van der Waals surface area contributed by atoms with Gasteiger partial charge in [0.15, 0.2) is 0 Å². The highest BCUT2D eigenvalue weighted by Crippen LogP contribution is 2.16. The van der Waals surface area contributed by atoms with Gasteiger partial charge in [-0.3, -0.25) is 4.72 Å². The average molecular weight is 315 g/mol. The number of rotatable bonds is 4. The van der Waals surface area contributed by atoms with Crippen LogP contribution in [0.1, 0.15) is 0 Å². The van der Waals surface area contributed by atoms with Gasteiger partial charge in [0, 0.05) is 18.1 Å². The summed E-state index contributed by atoms with van der Waals surface area (Å²) in [5.41, 5.74) is 1.46. The van der Waals surface area contributed by atoms with E-state index in [1.54, 1.807) is 18.2 Å². The molecule has 0 aliphatic heterocycles. The molecule has 1 aromatic carbocycles. The SMILES string of the molecule is O=S(=O)(CBr)Nc1cccc(-n2cccc2)c1. The average Bonchev–Trinajstić information content (AvgIpc) is 2.82. The number of benzene rings is 1. The van der Waals surface area contributed by atoms with Gasteiger partial charge in [-0.2, -0.15) is 0 Å². The van der Waals surface area contributed by atoms with Crippen LogP contribution in [0.25, 0.3) is 5.69 Å². The van der Waals surface area contributed by atoms with Crippen molar-refractivity contribution in [3.63, 3.8) is 0 Å². The summed E-state index contributed by atoms with van der Waals surface area (Å²) in [6.45, 7) is 0. The van der Waals surface area contributed by atoms with Gasteiger partial charge in [-0.1, -0.05) is 22.0 Å². The van der Waals surface area contributed by atoms with Gasteiger partial charge in [0.05, 0.1) is 5.69 Å². The van der Waals surface area contributed by atoms with E-state index in [0.29, 0.717) is 5.69 Å². The van der Waals surface area contributed by atoms with Gasteiger partial charge in [0.25, 0.3) is 0 Å². The molecule has 2 aromatic rings. The molecule has 0 saturated heterocycles. The summed E-state index contributed by atoms with van der Waals surface area (Å²) in [5.74, 6) is 0. The highest BCUT2D eigenvalue weighted by atomic mass is 79.9. The van der Waals surface area contributed by atoms with Crippen LogP contribution in [0.5, 0.6) is 0 Å². The molecule has 0 spiro atoms. The van der Waals surface area contributed by atoms with Crippen LogP contribution in [0.2, 0.25) is 0 Å². The molecule has 0 atom stereocenters. The van der Waals surface area contributed by atoms with Gasteiger partial charge in [0.2, 0.25) is 10.0 Å². The van der Waals surface area contributed by atoms with Gasteiger partial charge >= 0.3 is 0 Å². The maximum absolute atomic E-state index is 11.4. The second-order valence-corrected chi connectivity index (χ2v) is 6.49. The number of halogens is 1. The molecule has 0 saturated carbocycles. The number of alkyl halides is 1. The lowest BCUT2D eigenvalue weighted by Crippen LogP contribution is -2.13. The molecule has 0 unspecified atom stereocenters. The normalized spacial score (nSPS) is 11.4. The van der Waals surface area contributed by atoms with Gasteiger partial charge in [0.1, 0.15) is 4.66 Å². The molecule has 0 bridgehead atoms. The fourth-order valence-electron chi connectivity index (χ4n) is 1.44. The zero-order chi connectivity index (χ0) is 12.3. The van der Waals surface area contributed by atoms with Crippen LogP contribution >= 0.6 is 15.9 Å². The molecule has 0 aliphatic carbocycles. The van der Waals surface area contributed by atoms with E-state index in [2.05, 4.69) is 20.7 Å². The minimum absolute atomic E-state index is 0.117. The third-order valence-corrected chi connectivity index (χ3v) is 4.81. The lowest BCUT2D eigenvalue weighted by Gasteiger charge is -2.08. The van der Waals surface area contributed by atoms with Crippen LogP contribution in [0.4, 0.5) is 5.69 Å². The van der Waals surface area contributed by atoms with E-state index in [1.807, 2.05) is 35.2 Å². The van der Waals surface area contributed by atoms with Gasteiger partial charge in [-0.05, 0) is 30.3 Å². The summed E-state index contributed by atoms with van der Waals surface area (Å²) in [4.78, 5) is 0. The Morgan fingerprint density at radius 2 is 1.88 bits per heavy atom. The predicted octanol–water partition coefficient (Wildman–Crippen LogP) is 2.57. The molecule has 0 fully saturated rings. The number of sulfonamides is 1.